The van der Waals surface area contributed by atoms with E-state index in [1.165, 1.54) is 0 Å². The van der Waals surface area contributed by atoms with E-state index in [4.69, 9.17) is 0 Å². The number of alkyl halides is 3. The molecule has 0 aliphatic heterocycles. The lowest BCUT2D eigenvalue weighted by molar-refractivity contribution is -0.218. The van der Waals surface area contributed by atoms with Crippen molar-refractivity contribution in [3.8, 4) is 0 Å². The average Bonchev–Trinajstić information content (AvgIpc) is 1.51. The molecule has 0 aromatic carbocycles. The van der Waals surface area contributed by atoms with Crippen LogP contribution in [0.25, 0.3) is 0 Å². The summed E-state index contributed by atoms with van der Waals surface area (Å²) < 4.78 is 36.3. The number of hydrogen-bond donors (Lipinski definition) is 0. The van der Waals surface area contributed by atoms with Crippen LogP contribution in [0.2, 0.25) is 0 Å². The van der Waals surface area contributed by atoms with Gasteiger partial charge in [-0.1, -0.05) is 13.8 Å². The molecule has 66 valence electrons. The molecule has 0 radical (unpaired) electrons. The molecule has 0 aromatic rings. The fourth-order valence-corrected chi connectivity index (χ4v) is 1.73. The molecule has 0 heterocycles. The van der Waals surface area contributed by atoms with E-state index in [9.17, 15) is 13.2 Å². The summed E-state index contributed by atoms with van der Waals surface area (Å²) in [5.74, 6) is -0.951. The summed E-state index contributed by atoms with van der Waals surface area (Å²) in [6.07, 6.45) is -2.86. The van der Waals surface area contributed by atoms with Gasteiger partial charge in [-0.05, 0) is 24.7 Å². The van der Waals surface area contributed by atoms with Gasteiger partial charge in [-0.25, -0.2) is 0 Å². The van der Waals surface area contributed by atoms with E-state index in [1.54, 1.807) is 0 Å². The molecular formula is C8H13F3. The first-order valence-corrected chi connectivity index (χ1v) is 3.99. The van der Waals surface area contributed by atoms with Crippen LogP contribution in [0.3, 0.4) is 0 Å². The Morgan fingerprint density at radius 3 is 1.82 bits per heavy atom. The summed E-state index contributed by atoms with van der Waals surface area (Å²) in [7, 11) is 0. The fraction of sp³-hybridized carbons (Fsp3) is 1.00. The highest BCUT2D eigenvalue weighted by atomic mass is 19.4. The first kappa shape index (κ1) is 8.88. The zero-order valence-electron chi connectivity index (χ0n) is 6.78. The van der Waals surface area contributed by atoms with Gasteiger partial charge in [-0.3, -0.25) is 0 Å². The first-order chi connectivity index (χ1) is 4.93. The molecule has 2 atom stereocenters. The van der Waals surface area contributed by atoms with E-state index in [-0.39, 0.29) is 11.8 Å². The lowest BCUT2D eigenvalue weighted by atomic mass is 9.68. The summed E-state index contributed by atoms with van der Waals surface area (Å²) in [4.78, 5) is 0. The molecule has 0 N–H and O–H groups in total. The van der Waals surface area contributed by atoms with E-state index < -0.39 is 12.1 Å². The normalized spacial score (nSPS) is 32.2. The minimum atomic E-state index is -3.95. The Morgan fingerprint density at radius 2 is 1.73 bits per heavy atom. The molecule has 1 unspecified atom stereocenters. The highest BCUT2D eigenvalue weighted by Gasteiger charge is 2.50. The molecule has 0 nitrogen and oxygen atoms in total. The Labute approximate surface area is 64.8 Å². The number of rotatable bonds is 1. The van der Waals surface area contributed by atoms with Crippen molar-refractivity contribution >= 4 is 0 Å². The first-order valence-electron chi connectivity index (χ1n) is 3.99. The second-order valence-electron chi connectivity index (χ2n) is 3.63. The quantitative estimate of drug-likeness (QED) is 0.561. The smallest absolute Gasteiger partial charge is 0.171 e. The van der Waals surface area contributed by atoms with Crippen LogP contribution in [0.5, 0.6) is 0 Å². The van der Waals surface area contributed by atoms with E-state index in [2.05, 4.69) is 0 Å². The zero-order valence-corrected chi connectivity index (χ0v) is 6.78. The van der Waals surface area contributed by atoms with Gasteiger partial charge in [0.05, 0.1) is 5.92 Å². The molecule has 1 rings (SSSR count). The molecule has 0 amide bonds. The maximum Gasteiger partial charge on any atom is 0.392 e. The standard InChI is InChI=1S/C8H13F3/c1-5(2)6-3-4-7(6)8(9,10)11/h5-7H,3-4H2,1-2H3/t6-,7?/m1/s1. The SMILES string of the molecule is CC(C)[C@H]1CCC1C(F)(F)F. The van der Waals surface area contributed by atoms with Crippen molar-refractivity contribution in [2.45, 2.75) is 32.9 Å². The topological polar surface area (TPSA) is 0 Å². The Bertz CT molecular complexity index is 137. The molecular weight excluding hydrogens is 153 g/mol. The maximum atomic E-state index is 12.1. The van der Waals surface area contributed by atoms with Crippen LogP contribution in [0.4, 0.5) is 13.2 Å². The summed E-state index contributed by atoms with van der Waals surface area (Å²) in [6.45, 7) is 3.73. The predicted octanol–water partition coefficient (Wildman–Crippen LogP) is 3.23. The van der Waals surface area contributed by atoms with E-state index in [1.807, 2.05) is 13.8 Å². The monoisotopic (exact) mass is 166 g/mol. The number of halogens is 3. The molecule has 0 bridgehead atoms. The molecule has 0 spiro atoms. The van der Waals surface area contributed by atoms with Gasteiger partial charge in [0, 0.05) is 0 Å². The van der Waals surface area contributed by atoms with Gasteiger partial charge in [0.25, 0.3) is 0 Å². The summed E-state index contributed by atoms with van der Waals surface area (Å²) >= 11 is 0. The molecule has 1 aliphatic rings. The van der Waals surface area contributed by atoms with Gasteiger partial charge >= 0.3 is 6.18 Å². The van der Waals surface area contributed by atoms with Gasteiger partial charge in [-0.15, -0.1) is 0 Å². The van der Waals surface area contributed by atoms with E-state index in [0.29, 0.717) is 6.42 Å². The second kappa shape index (κ2) is 2.68. The van der Waals surface area contributed by atoms with E-state index in [0.717, 1.165) is 6.42 Å². The van der Waals surface area contributed by atoms with Crippen molar-refractivity contribution in [2.24, 2.45) is 17.8 Å². The fourth-order valence-electron chi connectivity index (χ4n) is 1.73. The summed E-state index contributed by atoms with van der Waals surface area (Å²) in [6, 6.07) is 0. The Morgan fingerprint density at radius 1 is 1.18 bits per heavy atom. The molecule has 1 saturated carbocycles. The van der Waals surface area contributed by atoms with Crippen molar-refractivity contribution < 1.29 is 13.2 Å². The van der Waals surface area contributed by atoms with Gasteiger partial charge in [0.2, 0.25) is 0 Å². The molecule has 11 heavy (non-hydrogen) atoms. The van der Waals surface area contributed by atoms with Crippen LogP contribution in [0.15, 0.2) is 0 Å². The largest absolute Gasteiger partial charge is 0.392 e. The summed E-state index contributed by atoms with van der Waals surface area (Å²) in [5.41, 5.74) is 0. The van der Waals surface area contributed by atoms with Crippen molar-refractivity contribution in [3.05, 3.63) is 0 Å². The molecule has 1 aliphatic carbocycles. The maximum absolute atomic E-state index is 12.1. The average molecular weight is 166 g/mol. The molecule has 3 heteroatoms. The van der Waals surface area contributed by atoms with Crippen LogP contribution < -0.4 is 0 Å². The molecule has 0 aromatic heterocycles. The Hall–Kier alpha value is -0.210. The van der Waals surface area contributed by atoms with Gasteiger partial charge in [0.15, 0.2) is 0 Å². The van der Waals surface area contributed by atoms with Crippen LogP contribution >= 0.6 is 0 Å². The van der Waals surface area contributed by atoms with Crippen molar-refractivity contribution in [3.63, 3.8) is 0 Å². The molecule has 1 fully saturated rings. The highest BCUT2D eigenvalue weighted by Crippen LogP contribution is 2.48. The predicted molar refractivity (Wildman–Crippen MR) is 37.1 cm³/mol. The highest BCUT2D eigenvalue weighted by molar-refractivity contribution is 4.87. The molecule has 0 saturated heterocycles. The van der Waals surface area contributed by atoms with Crippen LogP contribution in [-0.2, 0) is 0 Å². The number of hydrogen-bond acceptors (Lipinski definition) is 0. The third kappa shape index (κ3) is 1.68. The lowest BCUT2D eigenvalue weighted by Crippen LogP contribution is -2.40. The third-order valence-corrected chi connectivity index (χ3v) is 2.60. The van der Waals surface area contributed by atoms with Crippen molar-refractivity contribution in [1.29, 1.82) is 0 Å². The van der Waals surface area contributed by atoms with Crippen LogP contribution in [0, 0.1) is 17.8 Å². The van der Waals surface area contributed by atoms with Crippen molar-refractivity contribution in [2.75, 3.05) is 0 Å². The third-order valence-electron chi connectivity index (χ3n) is 2.60. The summed E-state index contributed by atoms with van der Waals surface area (Å²) in [5, 5.41) is 0. The van der Waals surface area contributed by atoms with Gasteiger partial charge in [0.1, 0.15) is 0 Å². The van der Waals surface area contributed by atoms with Crippen LogP contribution in [0.1, 0.15) is 26.7 Å². The van der Waals surface area contributed by atoms with Crippen molar-refractivity contribution in [1.82, 2.24) is 0 Å². The second-order valence-corrected chi connectivity index (χ2v) is 3.63. The minimum absolute atomic E-state index is 0.116. The minimum Gasteiger partial charge on any atom is -0.171 e. The van der Waals surface area contributed by atoms with Gasteiger partial charge in [-0.2, -0.15) is 13.2 Å². The van der Waals surface area contributed by atoms with Gasteiger partial charge < -0.3 is 0 Å². The Balaban J connectivity index is 2.50. The lowest BCUT2D eigenvalue weighted by Gasteiger charge is -2.40. The van der Waals surface area contributed by atoms with Crippen LogP contribution in [-0.4, -0.2) is 6.18 Å². The zero-order chi connectivity index (χ0) is 8.65. The van der Waals surface area contributed by atoms with E-state index >= 15 is 0 Å². The Kier molecular flexibility index (Phi) is 2.17.